The molecule has 4 unspecified atom stereocenters. The highest BCUT2D eigenvalue weighted by atomic mass is 32.1. The Hall–Kier alpha value is -1.07. The monoisotopic (exact) mass is 347 g/mol. The van der Waals surface area contributed by atoms with Crippen molar-refractivity contribution in [2.75, 3.05) is 20.2 Å². The van der Waals surface area contributed by atoms with E-state index in [1.165, 1.54) is 30.6 Å². The lowest BCUT2D eigenvalue weighted by Gasteiger charge is -2.63. The summed E-state index contributed by atoms with van der Waals surface area (Å²) in [4.78, 5) is 5.94. The first-order valence-corrected chi connectivity index (χ1v) is 10.2. The van der Waals surface area contributed by atoms with Crippen LogP contribution in [-0.4, -0.2) is 38.3 Å². The van der Waals surface area contributed by atoms with Gasteiger partial charge < -0.3 is 15.4 Å². The number of thiophene rings is 1. The molecule has 1 aromatic rings. The third-order valence-electron chi connectivity index (χ3n) is 6.30. The number of guanidine groups is 1. The van der Waals surface area contributed by atoms with E-state index < -0.39 is 0 Å². The summed E-state index contributed by atoms with van der Waals surface area (Å²) >= 11 is 1.85. The number of rotatable bonds is 5. The molecule has 0 aromatic carbocycles. The lowest BCUT2D eigenvalue weighted by Crippen LogP contribution is -2.72. The van der Waals surface area contributed by atoms with E-state index >= 15 is 0 Å². The van der Waals surface area contributed by atoms with Crippen molar-refractivity contribution < 1.29 is 4.74 Å². The summed E-state index contributed by atoms with van der Waals surface area (Å²) in [5, 5.41) is 9.45. The summed E-state index contributed by atoms with van der Waals surface area (Å²) in [6.07, 6.45) is 6.84. The largest absolute Gasteiger partial charge is 0.377 e. The molecule has 1 aromatic heterocycles. The summed E-state index contributed by atoms with van der Waals surface area (Å²) in [6.45, 7) is 4.21. The Morgan fingerprint density at radius 1 is 1.50 bits per heavy atom. The van der Waals surface area contributed by atoms with Gasteiger partial charge in [0, 0.05) is 42.5 Å². The average molecular weight is 348 g/mol. The van der Waals surface area contributed by atoms with Crippen molar-refractivity contribution in [2.45, 2.75) is 51.2 Å². The van der Waals surface area contributed by atoms with Crippen LogP contribution in [0.4, 0.5) is 0 Å². The Balaban J connectivity index is 1.30. The molecular formula is C19H29N3OS. The van der Waals surface area contributed by atoms with Crippen LogP contribution in [0.25, 0.3) is 0 Å². The van der Waals surface area contributed by atoms with Crippen molar-refractivity contribution in [3.63, 3.8) is 0 Å². The SMILES string of the molecule is CN=C(NCC(C)Cc1cccs1)NC1C2CCOC2C12CCC2. The minimum atomic E-state index is 0.404. The molecule has 4 atom stereocenters. The quantitative estimate of drug-likeness (QED) is 0.636. The van der Waals surface area contributed by atoms with Gasteiger partial charge in [0.25, 0.3) is 0 Å². The second-order valence-corrected chi connectivity index (χ2v) is 8.83. The highest BCUT2D eigenvalue weighted by Crippen LogP contribution is 2.62. The summed E-state index contributed by atoms with van der Waals surface area (Å²) in [7, 11) is 1.88. The van der Waals surface area contributed by atoms with Gasteiger partial charge in [-0.15, -0.1) is 11.3 Å². The van der Waals surface area contributed by atoms with E-state index in [4.69, 9.17) is 4.74 Å². The molecule has 3 aliphatic rings. The van der Waals surface area contributed by atoms with Crippen LogP contribution >= 0.6 is 11.3 Å². The van der Waals surface area contributed by atoms with E-state index in [1.54, 1.807) is 0 Å². The number of nitrogens with zero attached hydrogens (tertiary/aromatic N) is 1. The lowest BCUT2D eigenvalue weighted by atomic mass is 9.46. The molecule has 1 saturated heterocycles. The number of hydrogen-bond acceptors (Lipinski definition) is 3. The predicted molar refractivity (Wildman–Crippen MR) is 99.6 cm³/mol. The molecular weight excluding hydrogens is 318 g/mol. The van der Waals surface area contributed by atoms with Crippen LogP contribution in [0.3, 0.4) is 0 Å². The second kappa shape index (κ2) is 6.68. The molecule has 0 radical (unpaired) electrons. The number of fused-ring (bicyclic) bond motifs is 2. The summed E-state index contributed by atoms with van der Waals surface area (Å²) < 4.78 is 6.01. The molecule has 0 bridgehead atoms. The van der Waals surface area contributed by atoms with Gasteiger partial charge in [-0.2, -0.15) is 0 Å². The normalized spacial score (nSPS) is 31.9. The first-order chi connectivity index (χ1) is 11.7. The Kier molecular flexibility index (Phi) is 4.56. The molecule has 1 aliphatic heterocycles. The maximum absolute atomic E-state index is 6.01. The molecule has 5 heteroatoms. The van der Waals surface area contributed by atoms with E-state index in [2.05, 4.69) is 40.1 Å². The molecule has 0 amide bonds. The molecule has 4 rings (SSSR count). The van der Waals surface area contributed by atoms with E-state index in [9.17, 15) is 0 Å². The van der Waals surface area contributed by atoms with Gasteiger partial charge in [-0.05, 0) is 43.0 Å². The van der Waals surface area contributed by atoms with Crippen LogP contribution in [0.5, 0.6) is 0 Å². The first-order valence-electron chi connectivity index (χ1n) is 9.34. The van der Waals surface area contributed by atoms with Gasteiger partial charge in [0.2, 0.25) is 0 Å². The molecule has 2 heterocycles. The molecule has 3 fully saturated rings. The fourth-order valence-corrected chi connectivity index (χ4v) is 5.78. The maximum Gasteiger partial charge on any atom is 0.191 e. The third kappa shape index (κ3) is 2.76. The topological polar surface area (TPSA) is 45.7 Å². The predicted octanol–water partition coefficient (Wildman–Crippen LogP) is 3.05. The summed E-state index contributed by atoms with van der Waals surface area (Å²) in [6, 6.07) is 4.91. The fourth-order valence-electron chi connectivity index (χ4n) is 4.91. The lowest BCUT2D eigenvalue weighted by molar-refractivity contribution is -0.171. The minimum absolute atomic E-state index is 0.404. The molecule has 2 aliphatic carbocycles. The van der Waals surface area contributed by atoms with Crippen molar-refractivity contribution >= 4 is 17.3 Å². The van der Waals surface area contributed by atoms with E-state index in [1.807, 2.05) is 18.4 Å². The van der Waals surface area contributed by atoms with Gasteiger partial charge >= 0.3 is 0 Å². The standard InChI is InChI=1S/C19H29N3OS/c1-13(11-14-5-3-10-24-14)12-21-18(20-2)22-16-15-6-9-23-17(15)19(16)7-4-8-19/h3,5,10,13,15-17H,4,6-9,11-12H2,1-2H3,(H2,20,21,22). The van der Waals surface area contributed by atoms with Crippen LogP contribution in [0.15, 0.2) is 22.5 Å². The number of aliphatic imine (C=N–C) groups is 1. The van der Waals surface area contributed by atoms with Crippen molar-refractivity contribution in [2.24, 2.45) is 22.2 Å². The molecule has 2 saturated carbocycles. The first kappa shape index (κ1) is 16.4. The second-order valence-electron chi connectivity index (χ2n) is 7.79. The number of ether oxygens (including phenoxy) is 1. The fraction of sp³-hybridized carbons (Fsp3) is 0.737. The summed E-state index contributed by atoms with van der Waals surface area (Å²) in [5.41, 5.74) is 0.404. The smallest absolute Gasteiger partial charge is 0.191 e. The summed E-state index contributed by atoms with van der Waals surface area (Å²) in [5.74, 6) is 2.26. The molecule has 4 nitrogen and oxygen atoms in total. The number of nitrogens with one attached hydrogen (secondary N) is 2. The Labute approximate surface area is 149 Å². The van der Waals surface area contributed by atoms with Gasteiger partial charge in [0.15, 0.2) is 5.96 Å². The van der Waals surface area contributed by atoms with E-state index in [0.29, 0.717) is 29.4 Å². The van der Waals surface area contributed by atoms with Crippen molar-refractivity contribution in [3.05, 3.63) is 22.4 Å². The molecule has 2 N–H and O–H groups in total. The zero-order valence-electron chi connectivity index (χ0n) is 14.8. The minimum Gasteiger partial charge on any atom is -0.377 e. The average Bonchev–Trinajstić information content (AvgIpc) is 3.17. The highest BCUT2D eigenvalue weighted by molar-refractivity contribution is 7.09. The molecule has 24 heavy (non-hydrogen) atoms. The van der Waals surface area contributed by atoms with Gasteiger partial charge in [-0.25, -0.2) is 0 Å². The zero-order chi connectivity index (χ0) is 16.6. The van der Waals surface area contributed by atoms with Crippen molar-refractivity contribution in [1.82, 2.24) is 10.6 Å². The van der Waals surface area contributed by atoms with Crippen molar-refractivity contribution in [1.29, 1.82) is 0 Å². The maximum atomic E-state index is 6.01. The Morgan fingerprint density at radius 3 is 3.04 bits per heavy atom. The van der Waals surface area contributed by atoms with E-state index in [0.717, 1.165) is 25.5 Å². The third-order valence-corrected chi connectivity index (χ3v) is 7.20. The Morgan fingerprint density at radius 2 is 2.38 bits per heavy atom. The van der Waals surface area contributed by atoms with Gasteiger partial charge in [0.05, 0.1) is 6.10 Å². The highest BCUT2D eigenvalue weighted by Gasteiger charge is 2.66. The van der Waals surface area contributed by atoms with Gasteiger partial charge in [-0.3, -0.25) is 4.99 Å². The molecule has 1 spiro atoms. The van der Waals surface area contributed by atoms with Crippen LogP contribution in [0, 0.1) is 17.3 Å². The van der Waals surface area contributed by atoms with Crippen molar-refractivity contribution in [3.8, 4) is 0 Å². The Bertz CT molecular complexity index is 581. The van der Waals surface area contributed by atoms with Crippen LogP contribution in [0.2, 0.25) is 0 Å². The number of hydrogen-bond donors (Lipinski definition) is 2. The zero-order valence-corrected chi connectivity index (χ0v) is 15.6. The van der Waals surface area contributed by atoms with Crippen LogP contribution in [-0.2, 0) is 11.2 Å². The van der Waals surface area contributed by atoms with Gasteiger partial charge in [-0.1, -0.05) is 19.4 Å². The van der Waals surface area contributed by atoms with Crippen LogP contribution in [0.1, 0.15) is 37.5 Å². The van der Waals surface area contributed by atoms with Gasteiger partial charge in [0.1, 0.15) is 0 Å². The van der Waals surface area contributed by atoms with E-state index in [-0.39, 0.29) is 0 Å². The molecule has 132 valence electrons. The van der Waals surface area contributed by atoms with Crippen LogP contribution < -0.4 is 10.6 Å².